The van der Waals surface area contributed by atoms with Gasteiger partial charge in [-0.2, -0.15) is 0 Å². The maximum atomic E-state index is 12.9. The van der Waals surface area contributed by atoms with E-state index in [1.54, 1.807) is 12.1 Å². The predicted molar refractivity (Wildman–Crippen MR) is 121 cm³/mol. The molecule has 0 bridgehead atoms. The van der Waals surface area contributed by atoms with Crippen molar-refractivity contribution in [3.05, 3.63) is 71.0 Å². The number of fused-ring (bicyclic) bond motifs is 1. The zero-order valence-electron chi connectivity index (χ0n) is 16.4. The molecule has 0 atom stereocenters. The van der Waals surface area contributed by atoms with Crippen LogP contribution < -0.4 is 10.1 Å². The largest absolute Gasteiger partial charge is 0.494 e. The molecule has 4 rings (SSSR count). The van der Waals surface area contributed by atoms with Crippen molar-refractivity contribution in [2.45, 2.75) is 25.3 Å². The van der Waals surface area contributed by atoms with Gasteiger partial charge in [0.25, 0.3) is 0 Å². The second-order valence-electron chi connectivity index (χ2n) is 7.56. The molecule has 152 valence electrons. The maximum Gasteiger partial charge on any atom is 0.123 e. The summed E-state index contributed by atoms with van der Waals surface area (Å²) in [7, 11) is 0. The van der Waals surface area contributed by atoms with Gasteiger partial charge >= 0.3 is 0 Å². The fraction of sp³-hybridized carbons (Fsp3) is 0.333. The summed E-state index contributed by atoms with van der Waals surface area (Å²) in [6.07, 6.45) is 3.26. The summed E-state index contributed by atoms with van der Waals surface area (Å²) in [6, 6.07) is 19.5. The highest BCUT2D eigenvalue weighted by molar-refractivity contribution is 9.10. The summed E-state index contributed by atoms with van der Waals surface area (Å²) >= 11 is 3.65. The number of ether oxygens (including phenoxy) is 1. The highest BCUT2D eigenvalue weighted by Crippen LogP contribution is 2.31. The Morgan fingerprint density at radius 3 is 2.45 bits per heavy atom. The van der Waals surface area contributed by atoms with Crippen molar-refractivity contribution < 1.29 is 9.13 Å². The molecule has 3 aromatic carbocycles. The van der Waals surface area contributed by atoms with Gasteiger partial charge < -0.3 is 15.0 Å². The van der Waals surface area contributed by atoms with E-state index in [0.717, 1.165) is 49.1 Å². The van der Waals surface area contributed by atoms with Gasteiger partial charge in [0.15, 0.2) is 0 Å². The number of benzene rings is 3. The summed E-state index contributed by atoms with van der Waals surface area (Å²) in [4.78, 5) is 2.51. The number of nitrogens with zero attached hydrogens (tertiary/aromatic N) is 1. The van der Waals surface area contributed by atoms with Crippen molar-refractivity contribution in [3.63, 3.8) is 0 Å². The van der Waals surface area contributed by atoms with Gasteiger partial charge in [0.2, 0.25) is 0 Å². The van der Waals surface area contributed by atoms with Crippen LogP contribution in [-0.4, -0.2) is 37.2 Å². The zero-order valence-corrected chi connectivity index (χ0v) is 18.0. The topological polar surface area (TPSA) is 24.5 Å². The van der Waals surface area contributed by atoms with E-state index in [0.29, 0.717) is 12.6 Å². The van der Waals surface area contributed by atoms with Gasteiger partial charge in [0, 0.05) is 41.2 Å². The Labute approximate surface area is 180 Å². The lowest BCUT2D eigenvalue weighted by Gasteiger charge is -2.33. The molecule has 1 aliphatic rings. The van der Waals surface area contributed by atoms with Crippen molar-refractivity contribution in [2.75, 3.05) is 31.6 Å². The summed E-state index contributed by atoms with van der Waals surface area (Å²) < 4.78 is 19.7. The van der Waals surface area contributed by atoms with Crippen LogP contribution in [0.1, 0.15) is 19.3 Å². The molecule has 3 nitrogen and oxygen atoms in total. The maximum absolute atomic E-state index is 12.9. The fourth-order valence-electron chi connectivity index (χ4n) is 3.92. The third kappa shape index (κ3) is 5.28. The Hall–Kier alpha value is -2.11. The smallest absolute Gasteiger partial charge is 0.123 e. The first-order chi connectivity index (χ1) is 14.2. The van der Waals surface area contributed by atoms with E-state index >= 15 is 0 Å². The summed E-state index contributed by atoms with van der Waals surface area (Å²) in [5, 5.41) is 6.27. The average Bonchev–Trinajstić information content (AvgIpc) is 2.76. The van der Waals surface area contributed by atoms with Gasteiger partial charge in [-0.1, -0.05) is 40.2 Å². The van der Waals surface area contributed by atoms with Crippen LogP contribution in [0.25, 0.3) is 10.8 Å². The SMILES string of the molecule is Fc1ccc(OCCCN2CCC(Nc3ccc(Br)c4ccccc34)CC2)cc1. The number of hydrogen-bond donors (Lipinski definition) is 1. The van der Waals surface area contributed by atoms with E-state index in [1.165, 1.54) is 28.6 Å². The van der Waals surface area contributed by atoms with Gasteiger partial charge in [-0.25, -0.2) is 4.39 Å². The van der Waals surface area contributed by atoms with Crippen LogP contribution in [0.3, 0.4) is 0 Å². The Balaban J connectivity index is 1.22. The van der Waals surface area contributed by atoms with Crippen molar-refractivity contribution >= 4 is 32.4 Å². The standard InChI is InChI=1S/C24H26BrFN2O/c25-23-10-11-24(22-5-2-1-4-21(22)23)27-19-12-15-28(16-13-19)14-3-17-29-20-8-6-18(26)7-9-20/h1-2,4-11,19,27H,3,12-17H2. The molecule has 0 amide bonds. The lowest BCUT2D eigenvalue weighted by molar-refractivity contribution is 0.198. The van der Waals surface area contributed by atoms with Gasteiger partial charge in [0.05, 0.1) is 6.61 Å². The molecule has 1 fully saturated rings. The first-order valence-corrected chi connectivity index (χ1v) is 11.0. The Morgan fingerprint density at radius 1 is 0.966 bits per heavy atom. The van der Waals surface area contributed by atoms with Gasteiger partial charge in [-0.3, -0.25) is 0 Å². The zero-order chi connectivity index (χ0) is 20.1. The van der Waals surface area contributed by atoms with Crippen LogP contribution in [0.2, 0.25) is 0 Å². The Kier molecular flexibility index (Phi) is 6.67. The highest BCUT2D eigenvalue weighted by atomic mass is 79.9. The average molecular weight is 457 g/mol. The number of anilines is 1. The van der Waals surface area contributed by atoms with E-state index in [-0.39, 0.29) is 5.82 Å². The molecule has 0 spiro atoms. The Bertz CT molecular complexity index is 939. The van der Waals surface area contributed by atoms with Crippen LogP contribution in [0.4, 0.5) is 10.1 Å². The number of hydrogen-bond acceptors (Lipinski definition) is 3. The second-order valence-corrected chi connectivity index (χ2v) is 8.41. The Morgan fingerprint density at radius 2 is 1.69 bits per heavy atom. The molecule has 29 heavy (non-hydrogen) atoms. The highest BCUT2D eigenvalue weighted by Gasteiger charge is 2.19. The third-order valence-corrected chi connectivity index (χ3v) is 6.21. The van der Waals surface area contributed by atoms with E-state index in [9.17, 15) is 4.39 Å². The molecule has 0 saturated carbocycles. The molecule has 1 heterocycles. The van der Waals surface area contributed by atoms with Crippen LogP contribution >= 0.6 is 15.9 Å². The quantitative estimate of drug-likeness (QED) is 0.435. The molecule has 1 aliphatic heterocycles. The van der Waals surface area contributed by atoms with Crippen LogP contribution in [0.15, 0.2) is 65.1 Å². The van der Waals surface area contributed by atoms with Crippen molar-refractivity contribution in [1.82, 2.24) is 4.90 Å². The predicted octanol–water partition coefficient (Wildman–Crippen LogP) is 6.09. The summed E-state index contributed by atoms with van der Waals surface area (Å²) in [6.45, 7) is 3.90. The molecule has 1 saturated heterocycles. The van der Waals surface area contributed by atoms with Gasteiger partial charge in [-0.05, 0) is 61.0 Å². The lowest BCUT2D eigenvalue weighted by Crippen LogP contribution is -2.39. The first-order valence-electron chi connectivity index (χ1n) is 10.2. The molecule has 0 radical (unpaired) electrons. The fourth-order valence-corrected chi connectivity index (χ4v) is 4.40. The number of likely N-dealkylation sites (tertiary alicyclic amines) is 1. The molecular formula is C24H26BrFN2O. The van der Waals surface area contributed by atoms with Crippen LogP contribution in [0, 0.1) is 5.82 Å². The van der Waals surface area contributed by atoms with Crippen molar-refractivity contribution in [3.8, 4) is 5.75 Å². The normalized spacial score (nSPS) is 15.5. The summed E-state index contributed by atoms with van der Waals surface area (Å²) in [5.41, 5.74) is 1.22. The third-order valence-electron chi connectivity index (χ3n) is 5.52. The number of nitrogens with one attached hydrogen (secondary N) is 1. The number of halogens is 2. The van der Waals surface area contributed by atoms with Crippen LogP contribution in [0.5, 0.6) is 5.75 Å². The number of rotatable bonds is 7. The first kappa shape index (κ1) is 20.2. The molecule has 5 heteroatoms. The van der Waals surface area contributed by atoms with Crippen molar-refractivity contribution in [1.29, 1.82) is 0 Å². The lowest BCUT2D eigenvalue weighted by atomic mass is 10.0. The molecular weight excluding hydrogens is 431 g/mol. The van der Waals surface area contributed by atoms with E-state index < -0.39 is 0 Å². The molecule has 1 N–H and O–H groups in total. The number of piperidine rings is 1. The minimum Gasteiger partial charge on any atom is -0.494 e. The minimum atomic E-state index is -0.232. The molecule has 0 unspecified atom stereocenters. The van der Waals surface area contributed by atoms with Gasteiger partial charge in [0.1, 0.15) is 11.6 Å². The van der Waals surface area contributed by atoms with E-state index in [4.69, 9.17) is 4.74 Å². The van der Waals surface area contributed by atoms with E-state index in [2.05, 4.69) is 62.5 Å². The van der Waals surface area contributed by atoms with Crippen LogP contribution in [-0.2, 0) is 0 Å². The monoisotopic (exact) mass is 456 g/mol. The molecule has 0 aliphatic carbocycles. The second kappa shape index (κ2) is 9.59. The van der Waals surface area contributed by atoms with Crippen molar-refractivity contribution in [2.24, 2.45) is 0 Å². The minimum absolute atomic E-state index is 0.232. The van der Waals surface area contributed by atoms with Gasteiger partial charge in [-0.15, -0.1) is 0 Å². The van der Waals surface area contributed by atoms with E-state index in [1.807, 2.05) is 0 Å². The molecule has 0 aromatic heterocycles. The summed E-state index contributed by atoms with van der Waals surface area (Å²) in [5.74, 6) is 0.501. The molecule has 3 aromatic rings.